The van der Waals surface area contributed by atoms with Gasteiger partial charge in [-0.05, 0) is 84.5 Å². The first-order valence-corrected chi connectivity index (χ1v) is 12.4. The number of allylic oxidation sites excluding steroid dienone is 1. The van der Waals surface area contributed by atoms with Crippen LogP contribution in [0.1, 0.15) is 46.8 Å². The van der Waals surface area contributed by atoms with E-state index in [1.165, 1.54) is 5.57 Å². The highest BCUT2D eigenvalue weighted by atomic mass is 79.9. The number of amides is 1. The van der Waals surface area contributed by atoms with Crippen LogP contribution < -0.4 is 0 Å². The summed E-state index contributed by atoms with van der Waals surface area (Å²) >= 11 is 15.7. The minimum absolute atomic E-state index is 0.107. The zero-order valence-electron chi connectivity index (χ0n) is 17.7. The normalized spacial score (nSPS) is 21.1. The average Bonchev–Trinajstić information content (AvgIpc) is 3.21. The van der Waals surface area contributed by atoms with Crippen molar-refractivity contribution in [2.24, 2.45) is 11.0 Å². The van der Waals surface area contributed by atoms with Gasteiger partial charge in [0.15, 0.2) is 0 Å². The molecule has 166 valence electrons. The second kappa shape index (κ2) is 9.46. The lowest BCUT2D eigenvalue weighted by Crippen LogP contribution is -2.31. The van der Waals surface area contributed by atoms with E-state index >= 15 is 0 Å². The van der Waals surface area contributed by atoms with Gasteiger partial charge in [-0.1, -0.05) is 69.5 Å². The summed E-state index contributed by atoms with van der Waals surface area (Å²) in [7, 11) is 0. The summed E-state index contributed by atoms with van der Waals surface area (Å²) in [4.78, 5) is 13.6. The van der Waals surface area contributed by atoms with Crippen molar-refractivity contribution in [2.45, 2.75) is 25.3 Å². The van der Waals surface area contributed by atoms with E-state index in [2.05, 4.69) is 22.0 Å². The van der Waals surface area contributed by atoms with Gasteiger partial charge >= 0.3 is 0 Å². The number of rotatable bonds is 3. The van der Waals surface area contributed by atoms with Crippen molar-refractivity contribution in [3.63, 3.8) is 0 Å². The summed E-state index contributed by atoms with van der Waals surface area (Å²) in [6.07, 6.45) is 5.13. The third kappa shape index (κ3) is 4.65. The summed E-state index contributed by atoms with van der Waals surface area (Å²) in [5.41, 5.74) is 4.91. The van der Waals surface area contributed by atoms with Gasteiger partial charge in [-0.3, -0.25) is 4.79 Å². The fourth-order valence-electron chi connectivity index (χ4n) is 4.68. The molecule has 33 heavy (non-hydrogen) atoms. The lowest BCUT2D eigenvalue weighted by Gasteiger charge is -2.29. The lowest BCUT2D eigenvalue weighted by atomic mass is 9.77. The molecule has 0 spiro atoms. The maximum absolute atomic E-state index is 13.6. The Labute approximate surface area is 211 Å². The maximum atomic E-state index is 13.6. The van der Waals surface area contributed by atoms with E-state index < -0.39 is 0 Å². The summed E-state index contributed by atoms with van der Waals surface area (Å²) in [6, 6.07) is 22.9. The standard InChI is InChI=1S/C27H21BrCl2N2O/c28-21-5-1-4-20(16-21)27(33)32-26(18-9-13-23(30)14-10-18)24-6-2-3-19(25(24)31-32)15-17-7-11-22(29)12-8-17/h1,4-5,7-16,24,26H,2-3,6H2. The van der Waals surface area contributed by atoms with Crippen molar-refractivity contribution in [3.05, 3.63) is 110 Å². The van der Waals surface area contributed by atoms with E-state index in [1.807, 2.05) is 72.8 Å². The smallest absolute Gasteiger partial charge is 0.267 e. The number of halogens is 3. The van der Waals surface area contributed by atoms with E-state index in [4.69, 9.17) is 28.3 Å². The molecule has 2 aliphatic rings. The molecule has 0 aromatic heterocycles. The Kier molecular flexibility index (Phi) is 6.42. The molecule has 0 bridgehead atoms. The number of hydrogen-bond acceptors (Lipinski definition) is 2. The van der Waals surface area contributed by atoms with Crippen LogP contribution in [-0.4, -0.2) is 16.6 Å². The fourth-order valence-corrected chi connectivity index (χ4v) is 5.33. The van der Waals surface area contributed by atoms with Crippen LogP contribution in [0.3, 0.4) is 0 Å². The summed E-state index contributed by atoms with van der Waals surface area (Å²) in [5, 5.41) is 8.01. The Bertz CT molecular complexity index is 1250. The first kappa shape index (κ1) is 22.4. The molecule has 3 aromatic carbocycles. The Morgan fingerprint density at radius 1 is 1.00 bits per heavy atom. The first-order chi connectivity index (χ1) is 16.0. The molecule has 1 aliphatic carbocycles. The Hall–Kier alpha value is -2.40. The van der Waals surface area contributed by atoms with Gasteiger partial charge in [0.1, 0.15) is 0 Å². The lowest BCUT2D eigenvalue weighted by molar-refractivity contribution is 0.0681. The number of hydrogen-bond donors (Lipinski definition) is 0. The molecule has 0 radical (unpaired) electrons. The van der Waals surface area contributed by atoms with Gasteiger partial charge in [0.25, 0.3) is 5.91 Å². The number of fused-ring (bicyclic) bond motifs is 1. The van der Waals surface area contributed by atoms with Gasteiger partial charge < -0.3 is 0 Å². The summed E-state index contributed by atoms with van der Waals surface area (Å²) < 4.78 is 0.865. The molecule has 1 aliphatic heterocycles. The average molecular weight is 540 g/mol. The summed E-state index contributed by atoms with van der Waals surface area (Å²) in [6.45, 7) is 0. The monoisotopic (exact) mass is 538 g/mol. The third-order valence-electron chi connectivity index (χ3n) is 6.20. The topological polar surface area (TPSA) is 32.7 Å². The van der Waals surface area contributed by atoms with Crippen LogP contribution in [0.25, 0.3) is 6.08 Å². The predicted octanol–water partition coefficient (Wildman–Crippen LogP) is 8.19. The summed E-state index contributed by atoms with van der Waals surface area (Å²) in [5.74, 6) is 0.0265. The molecule has 1 heterocycles. The second-order valence-electron chi connectivity index (χ2n) is 8.36. The Morgan fingerprint density at radius 2 is 1.70 bits per heavy atom. The van der Waals surface area contributed by atoms with Gasteiger partial charge in [-0.25, -0.2) is 5.01 Å². The predicted molar refractivity (Wildman–Crippen MR) is 139 cm³/mol. The van der Waals surface area contributed by atoms with E-state index in [9.17, 15) is 4.79 Å². The van der Waals surface area contributed by atoms with Crippen molar-refractivity contribution in [1.29, 1.82) is 0 Å². The molecule has 3 nitrogen and oxygen atoms in total. The minimum atomic E-state index is -0.169. The van der Waals surface area contributed by atoms with Crippen LogP contribution in [0.5, 0.6) is 0 Å². The Morgan fingerprint density at radius 3 is 2.39 bits per heavy atom. The number of hydrazone groups is 1. The SMILES string of the molecule is O=C(c1cccc(Br)c1)N1N=C2C(=Cc3ccc(Cl)cc3)CCCC2C1c1ccc(Cl)cc1. The molecule has 1 fully saturated rings. The van der Waals surface area contributed by atoms with E-state index in [0.717, 1.165) is 40.6 Å². The molecule has 6 heteroatoms. The molecular formula is C27H21BrCl2N2O. The molecule has 0 saturated heterocycles. The van der Waals surface area contributed by atoms with Gasteiger partial charge in [0.05, 0.1) is 11.8 Å². The quantitative estimate of drug-likeness (QED) is 0.330. The molecule has 2 atom stereocenters. The second-order valence-corrected chi connectivity index (χ2v) is 10.2. The van der Waals surface area contributed by atoms with Gasteiger partial charge in [-0.2, -0.15) is 5.10 Å². The molecule has 1 amide bonds. The van der Waals surface area contributed by atoms with Crippen LogP contribution in [-0.2, 0) is 0 Å². The number of carbonyl (C=O) groups excluding carboxylic acids is 1. The number of nitrogens with zero attached hydrogens (tertiary/aromatic N) is 2. The molecule has 3 aromatic rings. The maximum Gasteiger partial charge on any atom is 0.274 e. The van der Waals surface area contributed by atoms with E-state index in [-0.39, 0.29) is 17.9 Å². The van der Waals surface area contributed by atoms with Crippen LogP contribution >= 0.6 is 39.1 Å². The number of carbonyl (C=O) groups is 1. The highest BCUT2D eigenvalue weighted by Crippen LogP contribution is 2.45. The van der Waals surface area contributed by atoms with Crippen molar-refractivity contribution < 1.29 is 4.79 Å². The number of benzene rings is 3. The van der Waals surface area contributed by atoms with Gasteiger partial charge in [-0.15, -0.1) is 0 Å². The first-order valence-electron chi connectivity index (χ1n) is 10.9. The van der Waals surface area contributed by atoms with Crippen molar-refractivity contribution >= 4 is 56.8 Å². The zero-order valence-corrected chi connectivity index (χ0v) is 20.8. The molecule has 1 saturated carbocycles. The van der Waals surface area contributed by atoms with E-state index in [0.29, 0.717) is 15.6 Å². The highest BCUT2D eigenvalue weighted by molar-refractivity contribution is 9.10. The molecule has 5 rings (SSSR count). The Balaban J connectivity index is 1.58. The van der Waals surface area contributed by atoms with Crippen molar-refractivity contribution in [1.82, 2.24) is 5.01 Å². The highest BCUT2D eigenvalue weighted by Gasteiger charge is 2.43. The van der Waals surface area contributed by atoms with Crippen LogP contribution in [0.2, 0.25) is 10.0 Å². The van der Waals surface area contributed by atoms with E-state index in [1.54, 1.807) is 5.01 Å². The minimum Gasteiger partial charge on any atom is -0.267 e. The fraction of sp³-hybridized carbons (Fsp3) is 0.185. The zero-order chi connectivity index (χ0) is 22.9. The third-order valence-corrected chi connectivity index (χ3v) is 7.20. The van der Waals surface area contributed by atoms with Crippen LogP contribution in [0, 0.1) is 5.92 Å². The largest absolute Gasteiger partial charge is 0.274 e. The molecule has 2 unspecified atom stereocenters. The molecule has 0 N–H and O–H groups in total. The van der Waals surface area contributed by atoms with Gasteiger partial charge in [0.2, 0.25) is 0 Å². The molecular weight excluding hydrogens is 519 g/mol. The van der Waals surface area contributed by atoms with Crippen LogP contribution in [0.15, 0.2) is 87.9 Å². The van der Waals surface area contributed by atoms with Gasteiger partial charge in [0, 0.05) is 26.0 Å². The van der Waals surface area contributed by atoms with Crippen molar-refractivity contribution in [2.75, 3.05) is 0 Å². The van der Waals surface area contributed by atoms with Crippen molar-refractivity contribution in [3.8, 4) is 0 Å². The van der Waals surface area contributed by atoms with Crippen LogP contribution in [0.4, 0.5) is 0 Å².